The fourth-order valence-corrected chi connectivity index (χ4v) is 2.55. The summed E-state index contributed by atoms with van der Waals surface area (Å²) < 4.78 is 33.7. The van der Waals surface area contributed by atoms with Crippen LogP contribution in [-0.4, -0.2) is 50.4 Å². The van der Waals surface area contributed by atoms with E-state index in [0.29, 0.717) is 0 Å². The summed E-state index contributed by atoms with van der Waals surface area (Å²) >= 11 is 0. The lowest BCUT2D eigenvalue weighted by molar-refractivity contribution is -0.0808. The number of aliphatic hydroxyl groups is 2. The first-order valence-corrected chi connectivity index (χ1v) is 6.84. The predicted molar refractivity (Wildman–Crippen MR) is 76.8 cm³/mol. The number of alkyl halides is 2. The summed E-state index contributed by atoms with van der Waals surface area (Å²) in [6.45, 7) is 1.61. The number of aliphatic hydroxyl groups excluding tert-OH is 2. The number of nitrogen functional groups attached to an aromatic ring is 1. The molecule has 9 heteroatoms. The van der Waals surface area contributed by atoms with Crippen LogP contribution < -0.4 is 11.4 Å². The first-order valence-electron chi connectivity index (χ1n) is 6.84. The Hall–Kier alpha value is -2.02. The van der Waals surface area contributed by atoms with Crippen LogP contribution in [0.4, 0.5) is 14.6 Å². The summed E-state index contributed by atoms with van der Waals surface area (Å²) in [6, 6.07) is 1.32. The second-order valence-corrected chi connectivity index (χ2v) is 5.32. The Morgan fingerprint density at radius 3 is 2.83 bits per heavy atom. The van der Waals surface area contributed by atoms with Crippen LogP contribution in [0.25, 0.3) is 0 Å². The Kier molecular flexibility index (Phi) is 4.70. The summed E-state index contributed by atoms with van der Waals surface area (Å²) in [4.78, 5) is 15.5. The van der Waals surface area contributed by atoms with Crippen LogP contribution >= 0.6 is 0 Å². The molecule has 7 nitrogen and oxygen atoms in total. The highest BCUT2D eigenvalue weighted by atomic mass is 19.1. The normalized spacial score (nSPS) is 31.5. The molecule has 0 aliphatic carbocycles. The molecule has 1 aromatic rings. The Labute approximate surface area is 130 Å². The number of nitrogens with two attached hydrogens (primary N) is 1. The monoisotopic (exact) mass is 329 g/mol. The minimum absolute atomic E-state index is 0.0614. The average Bonchev–Trinajstić information content (AvgIpc) is 2.70. The van der Waals surface area contributed by atoms with Crippen molar-refractivity contribution in [1.29, 1.82) is 0 Å². The standard InChI is InChI=1S/C14H17F2N3O4/c1-7-6-9(17)18-13(22)19(7)12-14(16,4-3-5-15)11(21)10(23-12)8(2)20/h6,8,10-12,20-21H,5H2,1-2H3,(H2,17,18,22)/t8-,10+,11?,12+,14+/m0/s1. The minimum atomic E-state index is -2.79. The highest BCUT2D eigenvalue weighted by Crippen LogP contribution is 2.42. The summed E-state index contributed by atoms with van der Waals surface area (Å²) in [7, 11) is 0. The van der Waals surface area contributed by atoms with Gasteiger partial charge in [-0.1, -0.05) is 11.8 Å². The van der Waals surface area contributed by atoms with Gasteiger partial charge in [-0.2, -0.15) is 4.98 Å². The molecule has 1 aliphatic heterocycles. The summed E-state index contributed by atoms with van der Waals surface area (Å²) in [5.41, 5.74) is 1.97. The number of halogens is 2. The van der Waals surface area contributed by atoms with Crippen LogP contribution in [0.15, 0.2) is 10.9 Å². The van der Waals surface area contributed by atoms with E-state index in [1.54, 1.807) is 0 Å². The quantitative estimate of drug-likeness (QED) is 0.628. The Balaban J connectivity index is 2.61. The molecule has 0 spiro atoms. The van der Waals surface area contributed by atoms with E-state index < -0.39 is 42.6 Å². The third kappa shape index (κ3) is 2.93. The Morgan fingerprint density at radius 1 is 1.65 bits per heavy atom. The molecule has 4 N–H and O–H groups in total. The molecule has 0 radical (unpaired) electrons. The van der Waals surface area contributed by atoms with Crippen LogP contribution in [0, 0.1) is 18.8 Å². The van der Waals surface area contributed by atoms with E-state index >= 15 is 4.39 Å². The van der Waals surface area contributed by atoms with Crippen LogP contribution in [-0.2, 0) is 4.74 Å². The SMILES string of the molecule is Cc1cc(N)nc(=O)n1[C@@H]1O[C@H]([C@H](C)O)C(O)[C@]1(F)C#CCF. The van der Waals surface area contributed by atoms with Gasteiger partial charge in [0.05, 0.1) is 6.10 Å². The summed E-state index contributed by atoms with van der Waals surface area (Å²) in [5, 5.41) is 19.8. The molecular weight excluding hydrogens is 312 g/mol. The van der Waals surface area contributed by atoms with Gasteiger partial charge in [0.1, 0.15) is 24.7 Å². The van der Waals surface area contributed by atoms with Crippen molar-refractivity contribution in [2.45, 2.75) is 44.1 Å². The van der Waals surface area contributed by atoms with E-state index in [1.165, 1.54) is 19.9 Å². The lowest BCUT2D eigenvalue weighted by atomic mass is 9.94. The number of rotatable bonds is 2. The van der Waals surface area contributed by atoms with Gasteiger partial charge in [-0.25, -0.2) is 13.6 Å². The lowest BCUT2D eigenvalue weighted by Crippen LogP contribution is -2.46. The molecule has 1 fully saturated rings. The highest BCUT2D eigenvalue weighted by Gasteiger charge is 2.59. The van der Waals surface area contributed by atoms with Gasteiger partial charge in [0.15, 0.2) is 6.23 Å². The maximum atomic E-state index is 15.3. The summed E-state index contributed by atoms with van der Waals surface area (Å²) in [6.07, 6.45) is -6.16. The molecule has 0 bridgehead atoms. The molecule has 0 amide bonds. The zero-order valence-electron chi connectivity index (χ0n) is 12.5. The second kappa shape index (κ2) is 6.23. The number of hydrogen-bond donors (Lipinski definition) is 3. The summed E-state index contributed by atoms with van der Waals surface area (Å²) in [5.74, 6) is 3.80. The molecule has 1 aliphatic rings. The number of nitrogens with zero attached hydrogens (tertiary/aromatic N) is 2. The molecule has 1 aromatic heterocycles. The third-order valence-electron chi connectivity index (χ3n) is 3.61. The topological polar surface area (TPSA) is 111 Å². The van der Waals surface area contributed by atoms with Crippen molar-refractivity contribution in [2.75, 3.05) is 12.4 Å². The smallest absolute Gasteiger partial charge is 0.351 e. The van der Waals surface area contributed by atoms with Crippen molar-refractivity contribution in [3.8, 4) is 11.8 Å². The molecule has 2 heterocycles. The molecule has 1 unspecified atom stereocenters. The molecule has 126 valence electrons. The molecular formula is C14H17F2N3O4. The van der Waals surface area contributed by atoms with E-state index in [0.717, 1.165) is 4.57 Å². The van der Waals surface area contributed by atoms with Crippen molar-refractivity contribution in [3.05, 3.63) is 22.2 Å². The van der Waals surface area contributed by atoms with E-state index in [2.05, 4.69) is 4.98 Å². The predicted octanol–water partition coefficient (Wildman–Crippen LogP) is -0.546. The third-order valence-corrected chi connectivity index (χ3v) is 3.61. The number of anilines is 1. The van der Waals surface area contributed by atoms with Crippen LogP contribution in [0.1, 0.15) is 18.8 Å². The molecule has 1 saturated heterocycles. The maximum absolute atomic E-state index is 15.3. The fourth-order valence-electron chi connectivity index (χ4n) is 2.55. The van der Waals surface area contributed by atoms with Crippen LogP contribution in [0.5, 0.6) is 0 Å². The van der Waals surface area contributed by atoms with Gasteiger partial charge in [-0.05, 0) is 19.9 Å². The minimum Gasteiger partial charge on any atom is -0.391 e. The van der Waals surface area contributed by atoms with E-state index in [-0.39, 0.29) is 11.5 Å². The van der Waals surface area contributed by atoms with E-state index in [1.807, 2.05) is 11.8 Å². The van der Waals surface area contributed by atoms with Crippen LogP contribution in [0.3, 0.4) is 0 Å². The lowest BCUT2D eigenvalue weighted by Gasteiger charge is -2.25. The number of aryl methyl sites for hydroxylation is 1. The maximum Gasteiger partial charge on any atom is 0.351 e. The molecule has 5 atom stereocenters. The van der Waals surface area contributed by atoms with Crippen LogP contribution in [0.2, 0.25) is 0 Å². The van der Waals surface area contributed by atoms with Gasteiger partial charge in [0.2, 0.25) is 5.67 Å². The number of ether oxygens (including phenoxy) is 1. The van der Waals surface area contributed by atoms with Gasteiger partial charge >= 0.3 is 5.69 Å². The molecule has 2 rings (SSSR count). The fraction of sp³-hybridized carbons (Fsp3) is 0.571. The molecule has 0 saturated carbocycles. The van der Waals surface area contributed by atoms with Crippen molar-refractivity contribution in [2.24, 2.45) is 0 Å². The first kappa shape index (κ1) is 17.3. The molecule has 0 aromatic carbocycles. The zero-order chi connectivity index (χ0) is 17.4. The first-order chi connectivity index (χ1) is 10.7. The Bertz CT molecular complexity index is 712. The van der Waals surface area contributed by atoms with Crippen molar-refractivity contribution in [3.63, 3.8) is 0 Å². The second-order valence-electron chi connectivity index (χ2n) is 5.32. The van der Waals surface area contributed by atoms with E-state index in [4.69, 9.17) is 10.5 Å². The Morgan fingerprint density at radius 2 is 2.30 bits per heavy atom. The van der Waals surface area contributed by atoms with Gasteiger partial charge in [-0.3, -0.25) is 4.57 Å². The van der Waals surface area contributed by atoms with Crippen molar-refractivity contribution >= 4 is 5.82 Å². The van der Waals surface area contributed by atoms with Gasteiger partial charge in [-0.15, -0.1) is 0 Å². The molecule has 23 heavy (non-hydrogen) atoms. The van der Waals surface area contributed by atoms with Gasteiger partial charge in [0, 0.05) is 5.69 Å². The van der Waals surface area contributed by atoms with Crippen molar-refractivity contribution < 1.29 is 23.7 Å². The zero-order valence-corrected chi connectivity index (χ0v) is 12.5. The van der Waals surface area contributed by atoms with Gasteiger partial charge in [0.25, 0.3) is 0 Å². The van der Waals surface area contributed by atoms with Crippen molar-refractivity contribution in [1.82, 2.24) is 9.55 Å². The number of aromatic nitrogens is 2. The average molecular weight is 329 g/mol. The largest absolute Gasteiger partial charge is 0.391 e. The highest BCUT2D eigenvalue weighted by molar-refractivity contribution is 5.30. The van der Waals surface area contributed by atoms with Gasteiger partial charge < -0.3 is 20.7 Å². The number of hydrogen-bond acceptors (Lipinski definition) is 6. The van der Waals surface area contributed by atoms with E-state index in [9.17, 15) is 19.4 Å².